The Labute approximate surface area is 136 Å². The van der Waals surface area contributed by atoms with Crippen molar-refractivity contribution in [3.63, 3.8) is 0 Å². The fraction of sp³-hybridized carbons (Fsp3) is 0.400. The summed E-state index contributed by atoms with van der Waals surface area (Å²) in [5.41, 5.74) is -0.383. The van der Waals surface area contributed by atoms with Gasteiger partial charge in [-0.05, 0) is 72.5 Å². The molecule has 5 nitrogen and oxygen atoms in total. The fourth-order valence-corrected chi connectivity index (χ4v) is 2.71. The third kappa shape index (κ3) is 4.17. The van der Waals surface area contributed by atoms with Gasteiger partial charge in [0.25, 0.3) is 5.91 Å². The number of esters is 1. The van der Waals surface area contributed by atoms with Crippen molar-refractivity contribution < 1.29 is 14.3 Å². The summed E-state index contributed by atoms with van der Waals surface area (Å²) < 4.78 is 5.98. The van der Waals surface area contributed by atoms with E-state index in [0.29, 0.717) is 18.4 Å². The van der Waals surface area contributed by atoms with Crippen molar-refractivity contribution in [1.82, 2.24) is 5.32 Å². The lowest BCUT2D eigenvalue weighted by Crippen LogP contribution is -2.46. The van der Waals surface area contributed by atoms with Gasteiger partial charge in [-0.2, -0.15) is 5.26 Å². The Balaban J connectivity index is 1.85. The number of carbonyl (C=O) groups is 2. The van der Waals surface area contributed by atoms with Crippen molar-refractivity contribution in [2.45, 2.75) is 31.2 Å². The molecule has 1 amide bonds. The van der Waals surface area contributed by atoms with Crippen LogP contribution in [0.25, 0.3) is 0 Å². The van der Waals surface area contributed by atoms with Crippen LogP contribution in [0.4, 0.5) is 0 Å². The third-order valence-corrected chi connectivity index (χ3v) is 4.18. The van der Waals surface area contributed by atoms with Gasteiger partial charge in [-0.25, -0.2) is 4.79 Å². The summed E-state index contributed by atoms with van der Waals surface area (Å²) in [6.07, 6.45) is 3.16. The van der Waals surface area contributed by atoms with Gasteiger partial charge in [-0.3, -0.25) is 4.79 Å². The maximum absolute atomic E-state index is 11.8. The summed E-state index contributed by atoms with van der Waals surface area (Å²) in [4.78, 5) is 23.6. The molecule has 110 valence electrons. The minimum Gasteiger partial charge on any atom is -0.452 e. The van der Waals surface area contributed by atoms with Crippen molar-refractivity contribution in [2.24, 2.45) is 0 Å². The highest BCUT2D eigenvalue weighted by Gasteiger charge is 2.35. The zero-order valence-electron chi connectivity index (χ0n) is 11.4. The Morgan fingerprint density at radius 3 is 2.48 bits per heavy atom. The van der Waals surface area contributed by atoms with Gasteiger partial charge >= 0.3 is 5.97 Å². The number of nitriles is 1. The van der Waals surface area contributed by atoms with E-state index in [1.54, 1.807) is 24.3 Å². The summed E-state index contributed by atoms with van der Waals surface area (Å²) >= 11 is 2.14. The molecule has 1 aromatic carbocycles. The molecule has 1 fully saturated rings. The Hall–Kier alpha value is -1.62. The molecule has 0 bridgehead atoms. The summed E-state index contributed by atoms with van der Waals surface area (Å²) in [7, 11) is 0. The van der Waals surface area contributed by atoms with E-state index in [-0.39, 0.29) is 6.61 Å². The van der Waals surface area contributed by atoms with Crippen LogP contribution in [0.5, 0.6) is 0 Å². The van der Waals surface area contributed by atoms with Crippen molar-refractivity contribution in [3.05, 3.63) is 33.4 Å². The monoisotopic (exact) mass is 398 g/mol. The normalized spacial score (nSPS) is 16.0. The Morgan fingerprint density at radius 1 is 1.29 bits per heavy atom. The van der Waals surface area contributed by atoms with E-state index in [4.69, 9.17) is 4.74 Å². The van der Waals surface area contributed by atoms with Crippen molar-refractivity contribution >= 4 is 34.5 Å². The Kier molecular flexibility index (Phi) is 5.17. The van der Waals surface area contributed by atoms with E-state index in [0.717, 1.165) is 16.4 Å². The van der Waals surface area contributed by atoms with Crippen molar-refractivity contribution in [2.75, 3.05) is 6.61 Å². The van der Waals surface area contributed by atoms with Gasteiger partial charge in [0.1, 0.15) is 5.54 Å². The van der Waals surface area contributed by atoms with Crippen molar-refractivity contribution in [1.29, 1.82) is 5.26 Å². The van der Waals surface area contributed by atoms with Gasteiger partial charge in [0.2, 0.25) is 0 Å². The number of amides is 1. The second-order valence-electron chi connectivity index (χ2n) is 5.03. The zero-order valence-corrected chi connectivity index (χ0v) is 13.6. The molecule has 1 N–H and O–H groups in total. The Bertz CT molecular complexity index is 572. The molecule has 21 heavy (non-hydrogen) atoms. The molecule has 0 heterocycles. The number of hydrogen-bond donors (Lipinski definition) is 1. The highest BCUT2D eigenvalue weighted by molar-refractivity contribution is 14.1. The van der Waals surface area contributed by atoms with Crippen LogP contribution in [0.3, 0.4) is 0 Å². The van der Waals surface area contributed by atoms with Gasteiger partial charge < -0.3 is 10.1 Å². The van der Waals surface area contributed by atoms with Crippen LogP contribution in [0.2, 0.25) is 0 Å². The van der Waals surface area contributed by atoms with Gasteiger partial charge in [0.15, 0.2) is 6.61 Å². The molecule has 0 aliphatic heterocycles. The second-order valence-corrected chi connectivity index (χ2v) is 6.28. The second kappa shape index (κ2) is 6.89. The molecule has 0 radical (unpaired) electrons. The molecule has 0 saturated heterocycles. The molecular weight excluding hydrogens is 383 g/mol. The molecule has 0 spiro atoms. The quantitative estimate of drug-likeness (QED) is 0.624. The fourth-order valence-electron chi connectivity index (χ4n) is 2.35. The first kappa shape index (κ1) is 15.8. The molecule has 0 aromatic heterocycles. The van der Waals surface area contributed by atoms with E-state index in [1.165, 1.54) is 0 Å². The summed E-state index contributed by atoms with van der Waals surface area (Å²) in [6.45, 7) is -0.367. The number of benzene rings is 1. The standard InChI is InChI=1S/C15H15IN2O3/c16-12-5-3-11(4-6-12)14(20)21-9-13(19)18-15(10-17)7-1-2-8-15/h3-6H,1-2,7-9H2,(H,18,19). The predicted molar refractivity (Wildman–Crippen MR) is 84.4 cm³/mol. The first-order valence-corrected chi connectivity index (χ1v) is 7.77. The number of carbonyl (C=O) groups excluding carboxylic acids is 2. The largest absolute Gasteiger partial charge is 0.452 e. The lowest BCUT2D eigenvalue weighted by molar-refractivity contribution is -0.125. The van der Waals surface area contributed by atoms with Gasteiger partial charge in [0, 0.05) is 3.57 Å². The predicted octanol–water partition coefficient (Wildman–Crippen LogP) is 2.40. The maximum Gasteiger partial charge on any atom is 0.338 e. The number of nitrogens with zero attached hydrogens (tertiary/aromatic N) is 1. The molecule has 1 aromatic rings. The molecule has 0 unspecified atom stereocenters. The van der Waals surface area contributed by atoms with E-state index in [9.17, 15) is 14.9 Å². The van der Waals surface area contributed by atoms with Crippen LogP contribution in [-0.2, 0) is 9.53 Å². The molecule has 6 heteroatoms. The van der Waals surface area contributed by atoms with Crippen LogP contribution in [0.1, 0.15) is 36.0 Å². The van der Waals surface area contributed by atoms with Crippen LogP contribution in [0, 0.1) is 14.9 Å². The molecular formula is C15H15IN2O3. The number of hydrogen-bond acceptors (Lipinski definition) is 4. The van der Waals surface area contributed by atoms with E-state index in [2.05, 4.69) is 34.0 Å². The third-order valence-electron chi connectivity index (χ3n) is 3.46. The minimum atomic E-state index is -0.785. The zero-order chi connectivity index (χ0) is 15.3. The van der Waals surface area contributed by atoms with Gasteiger partial charge in [-0.1, -0.05) is 0 Å². The molecule has 1 aliphatic rings. The lowest BCUT2D eigenvalue weighted by Gasteiger charge is -2.21. The molecule has 0 atom stereocenters. The van der Waals surface area contributed by atoms with Crippen molar-refractivity contribution in [3.8, 4) is 6.07 Å². The highest BCUT2D eigenvalue weighted by atomic mass is 127. The van der Waals surface area contributed by atoms with Crippen LogP contribution < -0.4 is 5.32 Å². The molecule has 2 rings (SSSR count). The maximum atomic E-state index is 11.8. The smallest absolute Gasteiger partial charge is 0.338 e. The molecule has 1 saturated carbocycles. The highest BCUT2D eigenvalue weighted by Crippen LogP contribution is 2.28. The van der Waals surface area contributed by atoms with E-state index >= 15 is 0 Å². The number of ether oxygens (including phenoxy) is 1. The summed E-state index contributed by atoms with van der Waals surface area (Å²) in [6, 6.07) is 9.04. The number of nitrogens with one attached hydrogen (secondary N) is 1. The summed E-state index contributed by atoms with van der Waals surface area (Å²) in [5, 5.41) is 11.9. The number of rotatable bonds is 4. The first-order valence-electron chi connectivity index (χ1n) is 6.70. The first-order chi connectivity index (χ1) is 10.0. The summed E-state index contributed by atoms with van der Waals surface area (Å²) in [5.74, 6) is -0.976. The Morgan fingerprint density at radius 2 is 1.90 bits per heavy atom. The SMILES string of the molecule is N#CC1(NC(=O)COC(=O)c2ccc(I)cc2)CCCC1. The van der Waals surface area contributed by atoms with Crippen LogP contribution >= 0.6 is 22.6 Å². The average molecular weight is 398 g/mol. The van der Waals surface area contributed by atoms with E-state index in [1.807, 2.05) is 0 Å². The minimum absolute atomic E-state index is 0.367. The van der Waals surface area contributed by atoms with E-state index < -0.39 is 17.4 Å². The lowest BCUT2D eigenvalue weighted by atomic mass is 10.00. The topological polar surface area (TPSA) is 79.2 Å². The van der Waals surface area contributed by atoms with Crippen LogP contribution in [0.15, 0.2) is 24.3 Å². The van der Waals surface area contributed by atoms with Gasteiger partial charge in [-0.15, -0.1) is 0 Å². The van der Waals surface area contributed by atoms with Crippen LogP contribution in [-0.4, -0.2) is 24.0 Å². The van der Waals surface area contributed by atoms with Gasteiger partial charge in [0.05, 0.1) is 11.6 Å². The molecule has 1 aliphatic carbocycles. The average Bonchev–Trinajstić information content (AvgIpc) is 2.94. The number of halogens is 1.